The molecule has 0 bridgehead atoms. The van der Waals surface area contributed by atoms with Gasteiger partial charge in [0, 0.05) is 26.2 Å². The highest BCUT2D eigenvalue weighted by molar-refractivity contribution is 7.89. The number of sulfonamides is 1. The first-order chi connectivity index (χ1) is 12.8. The highest BCUT2D eigenvalue weighted by Crippen LogP contribution is 2.19. The summed E-state index contributed by atoms with van der Waals surface area (Å²) in [6, 6.07) is 13.0. The lowest BCUT2D eigenvalue weighted by Gasteiger charge is -2.34. The Morgan fingerprint density at radius 3 is 2.11 bits per heavy atom. The maximum Gasteiger partial charge on any atom is 0.243 e. The summed E-state index contributed by atoms with van der Waals surface area (Å²) in [5, 5.41) is 0. The number of carbonyl (C=O) groups is 1. The van der Waals surface area contributed by atoms with Crippen molar-refractivity contribution in [3.05, 3.63) is 64.7 Å². The Morgan fingerprint density at radius 1 is 0.889 bits per heavy atom. The summed E-state index contributed by atoms with van der Waals surface area (Å²) in [6.45, 7) is 7.46. The van der Waals surface area contributed by atoms with Gasteiger partial charge in [-0.25, -0.2) is 8.42 Å². The van der Waals surface area contributed by atoms with Crippen LogP contribution >= 0.6 is 0 Å². The number of carbonyl (C=O) groups excluding carboxylic acids is 1. The van der Waals surface area contributed by atoms with E-state index in [0.717, 1.165) is 22.3 Å². The summed E-state index contributed by atoms with van der Waals surface area (Å²) in [5.41, 5.74) is 4.30. The summed E-state index contributed by atoms with van der Waals surface area (Å²) >= 11 is 0. The number of aryl methyl sites for hydroxylation is 3. The molecule has 1 heterocycles. The molecule has 6 heteroatoms. The van der Waals surface area contributed by atoms with Crippen molar-refractivity contribution in [2.45, 2.75) is 32.1 Å². The molecule has 0 saturated carbocycles. The predicted molar refractivity (Wildman–Crippen MR) is 106 cm³/mol. The molecule has 0 radical (unpaired) electrons. The maximum absolute atomic E-state index is 12.8. The Kier molecular flexibility index (Phi) is 5.67. The van der Waals surface area contributed by atoms with E-state index in [0.29, 0.717) is 37.5 Å². The van der Waals surface area contributed by atoms with Crippen LogP contribution in [0.25, 0.3) is 0 Å². The largest absolute Gasteiger partial charge is 0.340 e. The van der Waals surface area contributed by atoms with Crippen LogP contribution in [-0.2, 0) is 21.2 Å². The van der Waals surface area contributed by atoms with Gasteiger partial charge in [-0.1, -0.05) is 41.5 Å². The lowest BCUT2D eigenvalue weighted by molar-refractivity contribution is -0.131. The first-order valence-electron chi connectivity index (χ1n) is 9.18. The highest BCUT2D eigenvalue weighted by atomic mass is 32.2. The molecule has 0 atom stereocenters. The van der Waals surface area contributed by atoms with Gasteiger partial charge in [0.25, 0.3) is 0 Å². The van der Waals surface area contributed by atoms with Crippen molar-refractivity contribution in [1.29, 1.82) is 0 Å². The molecule has 0 aliphatic carbocycles. The van der Waals surface area contributed by atoms with E-state index in [9.17, 15) is 13.2 Å². The summed E-state index contributed by atoms with van der Waals surface area (Å²) < 4.78 is 27.0. The van der Waals surface area contributed by atoms with Gasteiger partial charge >= 0.3 is 0 Å². The van der Waals surface area contributed by atoms with Crippen molar-refractivity contribution >= 4 is 15.9 Å². The van der Waals surface area contributed by atoms with Gasteiger partial charge in [0.2, 0.25) is 15.9 Å². The second kappa shape index (κ2) is 7.82. The van der Waals surface area contributed by atoms with Gasteiger partial charge in [-0.15, -0.1) is 0 Å². The predicted octanol–water partition coefficient (Wildman–Crippen LogP) is 2.69. The molecule has 1 amide bonds. The highest BCUT2D eigenvalue weighted by Gasteiger charge is 2.30. The van der Waals surface area contributed by atoms with Crippen LogP contribution in [0.5, 0.6) is 0 Å². The molecule has 2 aromatic carbocycles. The number of amides is 1. The number of hydrogen-bond donors (Lipinski definition) is 0. The van der Waals surface area contributed by atoms with Crippen LogP contribution in [-0.4, -0.2) is 49.7 Å². The van der Waals surface area contributed by atoms with E-state index in [2.05, 4.69) is 0 Å². The van der Waals surface area contributed by atoms with E-state index in [-0.39, 0.29) is 5.91 Å². The number of nitrogens with zero attached hydrogens (tertiary/aromatic N) is 2. The number of rotatable bonds is 4. The number of piperazine rings is 1. The molecule has 5 nitrogen and oxygen atoms in total. The topological polar surface area (TPSA) is 57.7 Å². The zero-order valence-electron chi connectivity index (χ0n) is 16.1. The molecule has 1 fully saturated rings. The van der Waals surface area contributed by atoms with Crippen LogP contribution in [0.2, 0.25) is 0 Å². The Morgan fingerprint density at radius 2 is 1.48 bits per heavy atom. The molecule has 27 heavy (non-hydrogen) atoms. The van der Waals surface area contributed by atoms with E-state index in [4.69, 9.17) is 0 Å². The SMILES string of the molecule is Cc1ccc(S(=O)(=O)N2CCN(C(=O)Cc3cc(C)ccc3C)CC2)cc1. The van der Waals surface area contributed by atoms with Gasteiger partial charge in [0.15, 0.2) is 0 Å². The molecule has 1 saturated heterocycles. The Hall–Kier alpha value is -2.18. The molecule has 0 N–H and O–H groups in total. The second-order valence-electron chi connectivity index (χ2n) is 7.20. The minimum absolute atomic E-state index is 0.0519. The van der Waals surface area contributed by atoms with Gasteiger partial charge < -0.3 is 4.90 Å². The monoisotopic (exact) mass is 386 g/mol. The van der Waals surface area contributed by atoms with Crippen molar-refractivity contribution in [1.82, 2.24) is 9.21 Å². The summed E-state index contributed by atoms with van der Waals surface area (Å²) in [6.07, 6.45) is 0.359. The standard InChI is InChI=1S/C21H26N2O3S/c1-16-5-8-20(9-6-16)27(25,26)23-12-10-22(11-13-23)21(24)15-19-14-17(2)4-7-18(19)3/h4-9,14H,10-13,15H2,1-3H3. The smallest absolute Gasteiger partial charge is 0.243 e. The van der Waals surface area contributed by atoms with Crippen LogP contribution in [0.1, 0.15) is 22.3 Å². The number of benzene rings is 2. The molecule has 1 aliphatic rings. The normalized spacial score (nSPS) is 15.7. The van der Waals surface area contributed by atoms with Crippen molar-refractivity contribution < 1.29 is 13.2 Å². The van der Waals surface area contributed by atoms with E-state index in [1.165, 1.54) is 4.31 Å². The fourth-order valence-electron chi connectivity index (χ4n) is 3.30. The van der Waals surface area contributed by atoms with Crippen molar-refractivity contribution in [2.75, 3.05) is 26.2 Å². The molecule has 0 spiro atoms. The second-order valence-corrected chi connectivity index (χ2v) is 9.14. The molecular formula is C21H26N2O3S. The Bertz CT molecular complexity index is 928. The Balaban J connectivity index is 1.63. The zero-order valence-corrected chi connectivity index (χ0v) is 16.9. The summed E-state index contributed by atoms with van der Waals surface area (Å²) in [7, 11) is -3.50. The van der Waals surface area contributed by atoms with Crippen LogP contribution in [0.4, 0.5) is 0 Å². The summed E-state index contributed by atoms with van der Waals surface area (Å²) in [5.74, 6) is 0.0519. The molecule has 0 aromatic heterocycles. The lowest BCUT2D eigenvalue weighted by atomic mass is 10.0. The minimum Gasteiger partial charge on any atom is -0.340 e. The summed E-state index contributed by atoms with van der Waals surface area (Å²) in [4.78, 5) is 14.7. The maximum atomic E-state index is 12.8. The number of hydrogen-bond acceptors (Lipinski definition) is 3. The average molecular weight is 387 g/mol. The van der Waals surface area contributed by atoms with Gasteiger partial charge in [0.1, 0.15) is 0 Å². The minimum atomic E-state index is -3.50. The first kappa shape index (κ1) is 19.6. The van der Waals surface area contributed by atoms with E-state index in [1.54, 1.807) is 29.2 Å². The van der Waals surface area contributed by atoms with Crippen LogP contribution in [0.15, 0.2) is 47.4 Å². The fraction of sp³-hybridized carbons (Fsp3) is 0.381. The quantitative estimate of drug-likeness (QED) is 0.812. The van der Waals surface area contributed by atoms with Crippen molar-refractivity contribution in [3.8, 4) is 0 Å². The van der Waals surface area contributed by atoms with Gasteiger partial charge in [-0.05, 0) is 44.0 Å². The van der Waals surface area contributed by atoms with Crippen LogP contribution < -0.4 is 0 Å². The first-order valence-corrected chi connectivity index (χ1v) is 10.6. The van der Waals surface area contributed by atoms with E-state index in [1.807, 2.05) is 39.0 Å². The molecule has 3 rings (SSSR count). The molecular weight excluding hydrogens is 360 g/mol. The van der Waals surface area contributed by atoms with Gasteiger partial charge in [-0.2, -0.15) is 4.31 Å². The third-order valence-corrected chi connectivity index (χ3v) is 7.01. The van der Waals surface area contributed by atoms with E-state index < -0.39 is 10.0 Å². The average Bonchev–Trinajstić information content (AvgIpc) is 2.65. The van der Waals surface area contributed by atoms with Crippen LogP contribution in [0.3, 0.4) is 0 Å². The van der Waals surface area contributed by atoms with E-state index >= 15 is 0 Å². The molecule has 1 aliphatic heterocycles. The molecule has 2 aromatic rings. The zero-order chi connectivity index (χ0) is 19.6. The van der Waals surface area contributed by atoms with Crippen molar-refractivity contribution in [3.63, 3.8) is 0 Å². The fourth-order valence-corrected chi connectivity index (χ4v) is 4.72. The third-order valence-electron chi connectivity index (χ3n) is 5.10. The van der Waals surface area contributed by atoms with Gasteiger partial charge in [0.05, 0.1) is 11.3 Å². The lowest BCUT2D eigenvalue weighted by Crippen LogP contribution is -2.50. The van der Waals surface area contributed by atoms with Gasteiger partial charge in [-0.3, -0.25) is 4.79 Å². The van der Waals surface area contributed by atoms with Crippen LogP contribution in [0, 0.1) is 20.8 Å². The molecule has 144 valence electrons. The van der Waals surface area contributed by atoms with Crippen molar-refractivity contribution in [2.24, 2.45) is 0 Å². The Labute approximate surface area is 161 Å². The molecule has 0 unspecified atom stereocenters. The third kappa shape index (κ3) is 4.39.